The van der Waals surface area contributed by atoms with Crippen LogP contribution in [-0.2, 0) is 19.2 Å². The van der Waals surface area contributed by atoms with Gasteiger partial charge in [0.25, 0.3) is 0 Å². The first-order valence-corrected chi connectivity index (χ1v) is 4.26. The summed E-state index contributed by atoms with van der Waals surface area (Å²) in [6, 6.07) is 2.23. The highest BCUT2D eigenvalue weighted by Gasteiger charge is 2.09. The van der Waals surface area contributed by atoms with Crippen LogP contribution in [0, 0.1) is 0 Å². The van der Waals surface area contributed by atoms with Crippen LogP contribution in [0.5, 0.6) is 0 Å². The Hall–Kier alpha value is -3.26. The number of isocyanates is 4. The molecule has 0 N–H and O–H groups in total. The SMILES string of the molecule is O=C=Nc1cc(N=C=O)c(N=C=O)cc1N=C=O. The molecular weight excluding hydrogens is 240 g/mol. The van der Waals surface area contributed by atoms with Crippen LogP contribution in [0.2, 0.25) is 0 Å². The summed E-state index contributed by atoms with van der Waals surface area (Å²) in [7, 11) is 0. The third-order valence-corrected chi connectivity index (χ3v) is 1.74. The van der Waals surface area contributed by atoms with E-state index in [1.165, 1.54) is 24.3 Å². The van der Waals surface area contributed by atoms with Crippen LogP contribution in [0.25, 0.3) is 0 Å². The number of carbonyl (C=O) groups excluding carboxylic acids is 4. The lowest BCUT2D eigenvalue weighted by atomic mass is 10.2. The van der Waals surface area contributed by atoms with Gasteiger partial charge in [-0.3, -0.25) is 0 Å². The molecule has 0 spiro atoms. The molecule has 1 aromatic carbocycles. The highest BCUT2D eigenvalue weighted by molar-refractivity contribution is 5.81. The van der Waals surface area contributed by atoms with Crippen LogP contribution >= 0.6 is 0 Å². The van der Waals surface area contributed by atoms with Crippen molar-refractivity contribution in [1.82, 2.24) is 0 Å². The zero-order valence-electron chi connectivity index (χ0n) is 8.58. The first-order chi connectivity index (χ1) is 8.76. The van der Waals surface area contributed by atoms with E-state index in [2.05, 4.69) is 20.0 Å². The van der Waals surface area contributed by atoms with E-state index in [9.17, 15) is 19.2 Å². The summed E-state index contributed by atoms with van der Waals surface area (Å²) in [4.78, 5) is 53.8. The highest BCUT2D eigenvalue weighted by atomic mass is 16.1. The van der Waals surface area contributed by atoms with E-state index in [0.717, 1.165) is 12.1 Å². The number of rotatable bonds is 4. The Kier molecular flexibility index (Phi) is 4.52. The molecule has 0 unspecified atom stereocenters. The van der Waals surface area contributed by atoms with Gasteiger partial charge in [0.1, 0.15) is 22.7 Å². The normalized spacial score (nSPS) is 8.00. The summed E-state index contributed by atoms with van der Waals surface area (Å²) in [6.45, 7) is 0. The molecule has 0 radical (unpaired) electrons. The lowest BCUT2D eigenvalue weighted by Crippen LogP contribution is -1.73. The van der Waals surface area contributed by atoms with Gasteiger partial charge < -0.3 is 0 Å². The molecule has 0 aromatic heterocycles. The average Bonchev–Trinajstić information content (AvgIpc) is 2.35. The lowest BCUT2D eigenvalue weighted by molar-refractivity contribution is 0.564. The standard InChI is InChI=1S/C10H2N4O4/c15-3-11-7-1-8(12-4-16)10(14-6-18)2-9(7)13-5-17/h1-2H. The third-order valence-electron chi connectivity index (χ3n) is 1.74. The zero-order chi connectivity index (χ0) is 13.4. The van der Waals surface area contributed by atoms with E-state index >= 15 is 0 Å². The predicted molar refractivity (Wildman–Crippen MR) is 57.6 cm³/mol. The fourth-order valence-corrected chi connectivity index (χ4v) is 1.11. The molecule has 0 fully saturated rings. The van der Waals surface area contributed by atoms with E-state index in [0.29, 0.717) is 0 Å². The zero-order valence-corrected chi connectivity index (χ0v) is 8.58. The molecule has 8 nitrogen and oxygen atoms in total. The lowest BCUT2D eigenvalue weighted by Gasteiger charge is -2.01. The molecule has 8 heteroatoms. The van der Waals surface area contributed by atoms with Crippen molar-refractivity contribution in [3.63, 3.8) is 0 Å². The van der Waals surface area contributed by atoms with Crippen LogP contribution in [0.3, 0.4) is 0 Å². The minimum atomic E-state index is -0.0767. The van der Waals surface area contributed by atoms with Gasteiger partial charge in [-0.05, 0) is 12.1 Å². The summed E-state index contributed by atoms with van der Waals surface area (Å²) < 4.78 is 0. The molecule has 0 amide bonds. The summed E-state index contributed by atoms with van der Waals surface area (Å²) in [5.74, 6) is 0. The Morgan fingerprint density at radius 2 is 0.778 bits per heavy atom. The number of benzene rings is 1. The molecule has 86 valence electrons. The number of hydrogen-bond donors (Lipinski definition) is 0. The maximum absolute atomic E-state index is 10.2. The topological polar surface area (TPSA) is 118 Å². The average molecular weight is 242 g/mol. The second-order valence-corrected chi connectivity index (χ2v) is 2.64. The van der Waals surface area contributed by atoms with Crippen LogP contribution in [0.15, 0.2) is 32.1 Å². The van der Waals surface area contributed by atoms with E-state index < -0.39 is 0 Å². The fourth-order valence-electron chi connectivity index (χ4n) is 1.11. The fraction of sp³-hybridized carbons (Fsp3) is 0. The van der Waals surface area contributed by atoms with E-state index in [1.807, 2.05) is 0 Å². The van der Waals surface area contributed by atoms with Crippen LogP contribution in [-0.4, -0.2) is 24.3 Å². The maximum Gasteiger partial charge on any atom is 0.240 e. The highest BCUT2D eigenvalue weighted by Crippen LogP contribution is 2.39. The van der Waals surface area contributed by atoms with Gasteiger partial charge in [-0.25, -0.2) is 19.2 Å². The first kappa shape index (κ1) is 12.8. The first-order valence-electron chi connectivity index (χ1n) is 4.26. The van der Waals surface area contributed by atoms with Gasteiger partial charge in [0, 0.05) is 0 Å². The van der Waals surface area contributed by atoms with Gasteiger partial charge in [0.15, 0.2) is 0 Å². The van der Waals surface area contributed by atoms with Crippen molar-refractivity contribution in [3.05, 3.63) is 12.1 Å². The van der Waals surface area contributed by atoms with Crippen molar-refractivity contribution in [2.24, 2.45) is 20.0 Å². The Labute approximate surface area is 99.1 Å². The Morgan fingerprint density at radius 3 is 0.944 bits per heavy atom. The smallest absolute Gasteiger partial charge is 0.211 e. The molecule has 0 saturated heterocycles. The number of aliphatic imine (C=N–C) groups is 4. The monoisotopic (exact) mass is 242 g/mol. The predicted octanol–water partition coefficient (Wildman–Crippen LogP) is 1.56. The van der Waals surface area contributed by atoms with Crippen molar-refractivity contribution >= 4 is 47.1 Å². The van der Waals surface area contributed by atoms with Crippen LogP contribution in [0.1, 0.15) is 0 Å². The van der Waals surface area contributed by atoms with Crippen molar-refractivity contribution in [2.45, 2.75) is 0 Å². The maximum atomic E-state index is 10.2. The van der Waals surface area contributed by atoms with Crippen molar-refractivity contribution in [3.8, 4) is 0 Å². The van der Waals surface area contributed by atoms with E-state index in [-0.39, 0.29) is 22.7 Å². The van der Waals surface area contributed by atoms with Gasteiger partial charge in [0.2, 0.25) is 24.3 Å². The summed E-state index contributed by atoms with van der Waals surface area (Å²) >= 11 is 0. The summed E-state index contributed by atoms with van der Waals surface area (Å²) in [6.07, 6.45) is 4.96. The molecule has 0 aliphatic carbocycles. The minimum absolute atomic E-state index is 0.0767. The molecular formula is C10H2N4O4. The Bertz CT molecular complexity index is 557. The van der Waals surface area contributed by atoms with Gasteiger partial charge in [-0.2, -0.15) is 20.0 Å². The van der Waals surface area contributed by atoms with Gasteiger partial charge in [0.05, 0.1) is 0 Å². The molecule has 0 aliphatic rings. The molecule has 18 heavy (non-hydrogen) atoms. The third kappa shape index (κ3) is 2.87. The largest absolute Gasteiger partial charge is 0.240 e. The van der Waals surface area contributed by atoms with Crippen LogP contribution in [0.4, 0.5) is 22.7 Å². The second-order valence-electron chi connectivity index (χ2n) is 2.64. The molecule has 0 aliphatic heterocycles. The summed E-state index contributed by atoms with van der Waals surface area (Å²) in [5.41, 5.74) is -0.307. The van der Waals surface area contributed by atoms with Crippen LogP contribution < -0.4 is 0 Å². The Morgan fingerprint density at radius 1 is 0.556 bits per heavy atom. The van der Waals surface area contributed by atoms with Gasteiger partial charge >= 0.3 is 0 Å². The van der Waals surface area contributed by atoms with Crippen molar-refractivity contribution in [1.29, 1.82) is 0 Å². The number of nitrogens with zero attached hydrogens (tertiary/aromatic N) is 4. The van der Waals surface area contributed by atoms with Gasteiger partial charge in [-0.15, -0.1) is 0 Å². The Balaban J connectivity index is 3.68. The summed E-state index contributed by atoms with van der Waals surface area (Å²) in [5, 5.41) is 0. The quantitative estimate of drug-likeness (QED) is 0.587. The molecule has 1 rings (SSSR count). The van der Waals surface area contributed by atoms with Gasteiger partial charge in [-0.1, -0.05) is 0 Å². The molecule has 0 atom stereocenters. The van der Waals surface area contributed by atoms with Crippen molar-refractivity contribution < 1.29 is 19.2 Å². The van der Waals surface area contributed by atoms with E-state index in [1.54, 1.807) is 0 Å². The van der Waals surface area contributed by atoms with E-state index in [4.69, 9.17) is 0 Å². The minimum Gasteiger partial charge on any atom is -0.211 e. The second kappa shape index (κ2) is 6.35. The van der Waals surface area contributed by atoms with Crippen molar-refractivity contribution in [2.75, 3.05) is 0 Å². The molecule has 1 aromatic rings. The number of hydrogen-bond acceptors (Lipinski definition) is 8. The molecule has 0 heterocycles. The molecule has 0 bridgehead atoms. The molecule has 0 saturated carbocycles.